The standard InChI is InChI=1S/C26H33FN4O2/c1-19(6-7-20-8-10-22(27)11-9-20)24(29-26(33)21-5-4-14-28-18-21)17-25(32)31-15-12-23(13-16-31)30(2)3/h4-5,8-11,14,18,23-24H,1,6-7,12-13,15-17H2,2-3H3,(H,29,33). The van der Waals surface area contributed by atoms with Gasteiger partial charge in [0.15, 0.2) is 0 Å². The zero-order valence-electron chi connectivity index (χ0n) is 19.5. The van der Waals surface area contributed by atoms with Crippen LogP contribution in [0.25, 0.3) is 0 Å². The Labute approximate surface area is 195 Å². The van der Waals surface area contributed by atoms with Crippen molar-refractivity contribution in [3.63, 3.8) is 0 Å². The van der Waals surface area contributed by atoms with E-state index >= 15 is 0 Å². The van der Waals surface area contributed by atoms with Crippen LogP contribution in [0.1, 0.15) is 41.6 Å². The quantitative estimate of drug-likeness (QED) is 0.592. The maximum atomic E-state index is 13.2. The molecule has 1 atom stereocenters. The summed E-state index contributed by atoms with van der Waals surface area (Å²) in [4.78, 5) is 34.0. The molecule has 2 heterocycles. The highest BCUT2D eigenvalue weighted by atomic mass is 19.1. The van der Waals surface area contributed by atoms with Gasteiger partial charge in [0, 0.05) is 31.5 Å². The number of aromatic nitrogens is 1. The Morgan fingerprint density at radius 3 is 2.52 bits per heavy atom. The molecule has 1 aliphatic rings. The lowest BCUT2D eigenvalue weighted by molar-refractivity contribution is -0.133. The average molecular weight is 453 g/mol. The summed E-state index contributed by atoms with van der Waals surface area (Å²) >= 11 is 0. The summed E-state index contributed by atoms with van der Waals surface area (Å²) < 4.78 is 13.2. The van der Waals surface area contributed by atoms with Crippen molar-refractivity contribution in [3.05, 3.63) is 77.9 Å². The number of piperidine rings is 1. The highest BCUT2D eigenvalue weighted by Gasteiger charge is 2.27. The highest BCUT2D eigenvalue weighted by molar-refractivity contribution is 5.94. The molecule has 1 aromatic carbocycles. The van der Waals surface area contributed by atoms with E-state index < -0.39 is 6.04 Å². The van der Waals surface area contributed by atoms with Crippen molar-refractivity contribution < 1.29 is 14.0 Å². The van der Waals surface area contributed by atoms with Crippen LogP contribution in [0.3, 0.4) is 0 Å². The molecule has 0 aliphatic carbocycles. The van der Waals surface area contributed by atoms with Crippen molar-refractivity contribution in [3.8, 4) is 0 Å². The van der Waals surface area contributed by atoms with Crippen molar-refractivity contribution in [1.82, 2.24) is 20.1 Å². The molecule has 1 fully saturated rings. The summed E-state index contributed by atoms with van der Waals surface area (Å²) in [5.74, 6) is -0.537. The van der Waals surface area contributed by atoms with E-state index in [2.05, 4.69) is 35.9 Å². The lowest BCUT2D eigenvalue weighted by Crippen LogP contribution is -2.47. The third kappa shape index (κ3) is 7.22. The SMILES string of the molecule is C=C(CCc1ccc(F)cc1)C(CC(=O)N1CCC(N(C)C)CC1)NC(=O)c1cccnc1. The molecule has 3 rings (SSSR count). The highest BCUT2D eigenvalue weighted by Crippen LogP contribution is 2.19. The lowest BCUT2D eigenvalue weighted by Gasteiger charge is -2.36. The molecule has 1 aromatic heterocycles. The minimum atomic E-state index is -0.489. The first-order valence-corrected chi connectivity index (χ1v) is 11.4. The van der Waals surface area contributed by atoms with E-state index in [1.807, 2.05) is 4.90 Å². The number of aryl methyl sites for hydroxylation is 1. The summed E-state index contributed by atoms with van der Waals surface area (Å²) in [5, 5.41) is 2.98. The van der Waals surface area contributed by atoms with Gasteiger partial charge in [-0.15, -0.1) is 0 Å². The number of carbonyl (C=O) groups is 2. The molecule has 1 unspecified atom stereocenters. The van der Waals surface area contributed by atoms with Crippen LogP contribution in [0.5, 0.6) is 0 Å². The molecule has 7 heteroatoms. The maximum absolute atomic E-state index is 13.2. The number of benzene rings is 1. The van der Waals surface area contributed by atoms with E-state index in [1.54, 1.807) is 30.5 Å². The average Bonchev–Trinajstić information content (AvgIpc) is 2.83. The van der Waals surface area contributed by atoms with E-state index in [0.717, 1.165) is 24.0 Å². The fourth-order valence-electron chi connectivity index (χ4n) is 4.10. The number of carbonyl (C=O) groups excluding carboxylic acids is 2. The van der Waals surface area contributed by atoms with E-state index in [4.69, 9.17) is 0 Å². The molecule has 6 nitrogen and oxygen atoms in total. The van der Waals surface area contributed by atoms with E-state index in [1.165, 1.54) is 18.3 Å². The van der Waals surface area contributed by atoms with Gasteiger partial charge in [-0.3, -0.25) is 14.6 Å². The van der Waals surface area contributed by atoms with Crippen molar-refractivity contribution in [1.29, 1.82) is 0 Å². The third-order valence-corrected chi connectivity index (χ3v) is 6.30. The number of nitrogens with one attached hydrogen (secondary N) is 1. The van der Waals surface area contributed by atoms with Crippen molar-refractivity contribution in [2.45, 2.75) is 44.2 Å². The van der Waals surface area contributed by atoms with Gasteiger partial charge in [-0.05, 0) is 69.6 Å². The summed E-state index contributed by atoms with van der Waals surface area (Å²) in [5.41, 5.74) is 2.19. The minimum Gasteiger partial charge on any atom is -0.345 e. The zero-order chi connectivity index (χ0) is 23.8. The molecule has 2 amide bonds. The topological polar surface area (TPSA) is 65.5 Å². The van der Waals surface area contributed by atoms with Gasteiger partial charge in [0.05, 0.1) is 18.0 Å². The summed E-state index contributed by atoms with van der Waals surface area (Å²) in [7, 11) is 4.13. The van der Waals surface area contributed by atoms with Crippen LogP contribution < -0.4 is 5.32 Å². The number of halogens is 1. The Bertz CT molecular complexity index is 939. The van der Waals surface area contributed by atoms with E-state index in [-0.39, 0.29) is 24.1 Å². The molecule has 1 N–H and O–H groups in total. The first kappa shape index (κ1) is 24.6. The summed E-state index contributed by atoms with van der Waals surface area (Å²) in [6.07, 6.45) is 6.40. The summed E-state index contributed by atoms with van der Waals surface area (Å²) in [6, 6.07) is 9.74. The molecule has 1 aliphatic heterocycles. The first-order chi connectivity index (χ1) is 15.8. The molecule has 2 aromatic rings. The van der Waals surface area contributed by atoms with Gasteiger partial charge in [0.1, 0.15) is 5.82 Å². The third-order valence-electron chi connectivity index (χ3n) is 6.30. The predicted octanol–water partition coefficient (Wildman–Crippen LogP) is 3.45. The van der Waals surface area contributed by atoms with Gasteiger partial charge in [-0.2, -0.15) is 0 Å². The van der Waals surface area contributed by atoms with Crippen LogP contribution in [0.4, 0.5) is 4.39 Å². The molecule has 1 saturated heterocycles. The normalized spacial score (nSPS) is 15.3. The minimum absolute atomic E-state index is 0.0200. The molecule has 0 bridgehead atoms. The van der Waals surface area contributed by atoms with Gasteiger partial charge in [0.25, 0.3) is 5.91 Å². The second-order valence-electron chi connectivity index (χ2n) is 8.83. The number of hydrogen-bond donors (Lipinski definition) is 1. The molecular formula is C26H33FN4O2. The van der Waals surface area contributed by atoms with Crippen molar-refractivity contribution in [2.24, 2.45) is 0 Å². The number of nitrogens with zero attached hydrogens (tertiary/aromatic N) is 3. The predicted molar refractivity (Wildman–Crippen MR) is 127 cm³/mol. The monoisotopic (exact) mass is 452 g/mol. The largest absolute Gasteiger partial charge is 0.345 e. The summed E-state index contributed by atoms with van der Waals surface area (Å²) in [6.45, 7) is 5.62. The van der Waals surface area contributed by atoms with Crippen LogP contribution in [0, 0.1) is 5.82 Å². The zero-order valence-corrected chi connectivity index (χ0v) is 19.5. The maximum Gasteiger partial charge on any atom is 0.253 e. The van der Waals surface area contributed by atoms with Crippen molar-refractivity contribution in [2.75, 3.05) is 27.2 Å². The van der Waals surface area contributed by atoms with Gasteiger partial charge in [-0.25, -0.2) is 4.39 Å². The number of likely N-dealkylation sites (tertiary alicyclic amines) is 1. The van der Waals surface area contributed by atoms with Crippen LogP contribution in [0.2, 0.25) is 0 Å². The first-order valence-electron chi connectivity index (χ1n) is 11.4. The Morgan fingerprint density at radius 1 is 1.21 bits per heavy atom. The fraction of sp³-hybridized carbons (Fsp3) is 0.423. The molecule has 0 spiro atoms. The number of amides is 2. The number of hydrogen-bond acceptors (Lipinski definition) is 4. The Balaban J connectivity index is 1.65. The molecule has 33 heavy (non-hydrogen) atoms. The van der Waals surface area contributed by atoms with E-state index in [9.17, 15) is 14.0 Å². The Morgan fingerprint density at radius 2 is 1.91 bits per heavy atom. The van der Waals surface area contributed by atoms with Crippen LogP contribution >= 0.6 is 0 Å². The molecular weight excluding hydrogens is 419 g/mol. The Kier molecular flexibility index (Phi) is 8.72. The molecule has 0 saturated carbocycles. The van der Waals surface area contributed by atoms with Gasteiger partial charge in [-0.1, -0.05) is 24.3 Å². The molecule has 176 valence electrons. The lowest BCUT2D eigenvalue weighted by atomic mass is 9.96. The van der Waals surface area contributed by atoms with Crippen LogP contribution in [0.15, 0.2) is 60.9 Å². The number of pyridine rings is 1. The van der Waals surface area contributed by atoms with Crippen LogP contribution in [-0.4, -0.2) is 65.9 Å². The molecule has 0 radical (unpaired) electrons. The fourth-order valence-corrected chi connectivity index (χ4v) is 4.10. The Hall–Kier alpha value is -3.06. The van der Waals surface area contributed by atoms with Gasteiger partial charge < -0.3 is 15.1 Å². The second-order valence-corrected chi connectivity index (χ2v) is 8.83. The van der Waals surface area contributed by atoms with Crippen LogP contribution in [-0.2, 0) is 11.2 Å². The van der Waals surface area contributed by atoms with Gasteiger partial charge in [0.2, 0.25) is 5.91 Å². The van der Waals surface area contributed by atoms with Gasteiger partial charge >= 0.3 is 0 Å². The second kappa shape index (κ2) is 11.7. The van der Waals surface area contributed by atoms with Crippen molar-refractivity contribution >= 4 is 11.8 Å². The smallest absolute Gasteiger partial charge is 0.253 e. The van der Waals surface area contributed by atoms with E-state index in [0.29, 0.717) is 37.5 Å². The number of rotatable bonds is 9.